The standard InChI is InChI=1S/C25H33BrClN5O4/c1-25(2,3)36-24(33)32-6-4-16(5-7-32)17-12-19(26)21(20(28)13-17)35-14-18-22(27)29-15-30-23(18)31-8-10-34-11-9-31/h12-13,15-16H,4-11,14,28H2,1-3H3. The summed E-state index contributed by atoms with van der Waals surface area (Å²) in [5.74, 6) is 1.60. The maximum Gasteiger partial charge on any atom is 0.410 e. The average molecular weight is 583 g/mol. The molecule has 2 N–H and O–H groups in total. The molecule has 4 rings (SSSR count). The molecule has 2 aromatic rings. The summed E-state index contributed by atoms with van der Waals surface area (Å²) >= 11 is 10.1. The number of anilines is 2. The lowest BCUT2D eigenvalue weighted by Crippen LogP contribution is -2.41. The molecule has 0 atom stereocenters. The third-order valence-electron chi connectivity index (χ3n) is 6.25. The number of carbonyl (C=O) groups is 1. The maximum atomic E-state index is 12.4. The van der Waals surface area contributed by atoms with Crippen LogP contribution in [0.15, 0.2) is 22.9 Å². The zero-order valence-electron chi connectivity index (χ0n) is 20.9. The number of nitrogen functional groups attached to an aromatic ring is 1. The van der Waals surface area contributed by atoms with Crippen molar-refractivity contribution < 1.29 is 19.0 Å². The molecular formula is C25H33BrClN5O4. The summed E-state index contributed by atoms with van der Waals surface area (Å²) in [5, 5.41) is 0.356. The van der Waals surface area contributed by atoms with Crippen molar-refractivity contribution in [2.24, 2.45) is 0 Å². The summed E-state index contributed by atoms with van der Waals surface area (Å²) in [5.41, 5.74) is 8.30. The number of amides is 1. The molecule has 11 heteroatoms. The van der Waals surface area contributed by atoms with Crippen LogP contribution in [0.4, 0.5) is 16.3 Å². The summed E-state index contributed by atoms with van der Waals surface area (Å²) < 4.78 is 17.9. The number of morpholine rings is 1. The van der Waals surface area contributed by atoms with E-state index in [0.29, 0.717) is 54.4 Å². The van der Waals surface area contributed by atoms with Gasteiger partial charge in [-0.15, -0.1) is 0 Å². The van der Waals surface area contributed by atoms with Gasteiger partial charge >= 0.3 is 6.09 Å². The molecule has 1 aromatic carbocycles. The Balaban J connectivity index is 1.42. The zero-order chi connectivity index (χ0) is 25.9. The van der Waals surface area contributed by atoms with E-state index in [0.717, 1.165) is 41.8 Å². The van der Waals surface area contributed by atoms with E-state index in [4.69, 9.17) is 31.5 Å². The smallest absolute Gasteiger partial charge is 0.410 e. The van der Waals surface area contributed by atoms with E-state index in [9.17, 15) is 4.79 Å². The topological polar surface area (TPSA) is 103 Å². The first-order valence-electron chi connectivity index (χ1n) is 12.1. The van der Waals surface area contributed by atoms with Crippen molar-refractivity contribution in [1.29, 1.82) is 0 Å². The van der Waals surface area contributed by atoms with Crippen molar-refractivity contribution in [3.8, 4) is 5.75 Å². The van der Waals surface area contributed by atoms with Gasteiger partial charge in [0.1, 0.15) is 29.5 Å². The van der Waals surface area contributed by atoms with E-state index in [1.165, 1.54) is 6.33 Å². The number of likely N-dealkylation sites (tertiary alicyclic amines) is 1. The first kappa shape index (κ1) is 26.8. The number of benzene rings is 1. The Morgan fingerprint density at radius 3 is 2.53 bits per heavy atom. The molecule has 1 amide bonds. The predicted octanol–water partition coefficient (Wildman–Crippen LogP) is 5.00. The fourth-order valence-electron chi connectivity index (χ4n) is 4.44. The van der Waals surface area contributed by atoms with Crippen LogP contribution < -0.4 is 15.4 Å². The lowest BCUT2D eigenvalue weighted by Gasteiger charge is -2.33. The van der Waals surface area contributed by atoms with Crippen LogP contribution in [-0.2, 0) is 16.1 Å². The van der Waals surface area contributed by atoms with Gasteiger partial charge in [0.15, 0.2) is 5.75 Å². The van der Waals surface area contributed by atoms with E-state index >= 15 is 0 Å². The van der Waals surface area contributed by atoms with E-state index < -0.39 is 5.60 Å². The van der Waals surface area contributed by atoms with Crippen LogP contribution in [0, 0.1) is 0 Å². The fraction of sp³-hybridized carbons (Fsp3) is 0.560. The summed E-state index contributed by atoms with van der Waals surface area (Å²) in [6.07, 6.45) is 2.88. The lowest BCUT2D eigenvalue weighted by molar-refractivity contribution is 0.0205. The van der Waals surface area contributed by atoms with E-state index in [1.54, 1.807) is 4.90 Å². The minimum Gasteiger partial charge on any atom is -0.485 e. The highest BCUT2D eigenvalue weighted by Gasteiger charge is 2.28. The molecule has 36 heavy (non-hydrogen) atoms. The first-order chi connectivity index (χ1) is 17.1. The van der Waals surface area contributed by atoms with Crippen LogP contribution in [0.1, 0.15) is 50.7 Å². The minimum atomic E-state index is -0.498. The van der Waals surface area contributed by atoms with Crippen molar-refractivity contribution in [2.45, 2.75) is 51.7 Å². The van der Waals surface area contributed by atoms with Gasteiger partial charge in [-0.3, -0.25) is 0 Å². The van der Waals surface area contributed by atoms with Gasteiger partial charge in [0, 0.05) is 26.2 Å². The Hall–Kier alpha value is -2.30. The molecule has 0 unspecified atom stereocenters. The molecular weight excluding hydrogens is 550 g/mol. The van der Waals surface area contributed by atoms with Crippen LogP contribution in [0.3, 0.4) is 0 Å². The number of nitrogens with zero attached hydrogens (tertiary/aromatic N) is 4. The Kier molecular flexibility index (Phi) is 8.47. The second-order valence-electron chi connectivity index (χ2n) is 10.0. The molecule has 2 saturated heterocycles. The van der Waals surface area contributed by atoms with E-state index in [-0.39, 0.29) is 12.7 Å². The third kappa shape index (κ3) is 6.52. The summed E-state index contributed by atoms with van der Waals surface area (Å²) in [4.78, 5) is 24.9. The number of carbonyl (C=O) groups excluding carboxylic acids is 1. The lowest BCUT2D eigenvalue weighted by atomic mass is 9.89. The molecule has 196 valence electrons. The van der Waals surface area contributed by atoms with Gasteiger partial charge in [-0.05, 0) is 73.2 Å². The molecule has 9 nitrogen and oxygen atoms in total. The minimum absolute atomic E-state index is 0.183. The number of ether oxygens (including phenoxy) is 3. The number of piperidine rings is 1. The summed E-state index contributed by atoms with van der Waals surface area (Å²) in [6.45, 7) is 9.84. The Labute approximate surface area is 225 Å². The molecule has 2 aliphatic rings. The van der Waals surface area contributed by atoms with Crippen molar-refractivity contribution in [1.82, 2.24) is 14.9 Å². The quantitative estimate of drug-likeness (QED) is 0.388. The van der Waals surface area contributed by atoms with Gasteiger partial charge in [0.25, 0.3) is 0 Å². The monoisotopic (exact) mass is 581 g/mol. The van der Waals surface area contributed by atoms with Crippen molar-refractivity contribution >= 4 is 45.1 Å². The molecule has 3 heterocycles. The van der Waals surface area contributed by atoms with Gasteiger partial charge in [0.2, 0.25) is 0 Å². The van der Waals surface area contributed by atoms with Crippen LogP contribution in [-0.4, -0.2) is 66.0 Å². The Morgan fingerprint density at radius 2 is 1.89 bits per heavy atom. The predicted molar refractivity (Wildman–Crippen MR) is 143 cm³/mol. The molecule has 0 aliphatic carbocycles. The van der Waals surface area contributed by atoms with Crippen LogP contribution >= 0.6 is 27.5 Å². The van der Waals surface area contributed by atoms with Crippen molar-refractivity contribution in [3.63, 3.8) is 0 Å². The first-order valence-corrected chi connectivity index (χ1v) is 13.3. The molecule has 2 fully saturated rings. The van der Waals surface area contributed by atoms with E-state index in [2.05, 4.69) is 30.8 Å². The van der Waals surface area contributed by atoms with Gasteiger partial charge in [0.05, 0.1) is 28.9 Å². The van der Waals surface area contributed by atoms with Crippen molar-refractivity contribution in [2.75, 3.05) is 50.0 Å². The largest absolute Gasteiger partial charge is 0.485 e. The average Bonchev–Trinajstić information content (AvgIpc) is 2.83. The second-order valence-corrected chi connectivity index (χ2v) is 11.2. The molecule has 2 aliphatic heterocycles. The van der Waals surface area contributed by atoms with Gasteiger partial charge in [-0.2, -0.15) is 0 Å². The van der Waals surface area contributed by atoms with E-state index in [1.807, 2.05) is 32.9 Å². The molecule has 0 saturated carbocycles. The Morgan fingerprint density at radius 1 is 1.19 bits per heavy atom. The van der Waals surface area contributed by atoms with Gasteiger partial charge in [-0.25, -0.2) is 14.8 Å². The number of rotatable bonds is 5. The summed E-state index contributed by atoms with van der Waals surface area (Å²) in [7, 11) is 0. The number of hydrogen-bond acceptors (Lipinski definition) is 8. The van der Waals surface area contributed by atoms with Crippen LogP contribution in [0.25, 0.3) is 0 Å². The molecule has 1 aromatic heterocycles. The number of nitrogens with two attached hydrogens (primary N) is 1. The Bertz CT molecular complexity index is 1060. The highest BCUT2D eigenvalue weighted by atomic mass is 79.9. The molecule has 0 spiro atoms. The number of aromatic nitrogens is 2. The maximum absolute atomic E-state index is 12.4. The number of hydrogen-bond donors (Lipinski definition) is 1. The third-order valence-corrected chi connectivity index (χ3v) is 7.17. The highest BCUT2D eigenvalue weighted by molar-refractivity contribution is 9.10. The van der Waals surface area contributed by atoms with Crippen molar-refractivity contribution in [3.05, 3.63) is 39.2 Å². The highest BCUT2D eigenvalue weighted by Crippen LogP contribution is 2.39. The van der Waals surface area contributed by atoms with Crippen LogP contribution in [0.5, 0.6) is 5.75 Å². The number of halogens is 2. The van der Waals surface area contributed by atoms with Gasteiger partial charge < -0.3 is 29.7 Å². The summed E-state index contributed by atoms with van der Waals surface area (Å²) in [6, 6.07) is 4.01. The van der Waals surface area contributed by atoms with Gasteiger partial charge in [-0.1, -0.05) is 11.6 Å². The normalized spacial score (nSPS) is 17.2. The zero-order valence-corrected chi connectivity index (χ0v) is 23.3. The SMILES string of the molecule is CC(C)(C)OC(=O)N1CCC(c2cc(N)c(OCc3c(Cl)ncnc3N3CCOCC3)c(Br)c2)CC1. The molecule has 0 bridgehead atoms. The molecule has 0 radical (unpaired) electrons. The fourth-order valence-corrected chi connectivity index (χ4v) is 5.24. The van der Waals surface area contributed by atoms with Crippen LogP contribution in [0.2, 0.25) is 5.15 Å². The second kappa shape index (κ2) is 11.4.